The summed E-state index contributed by atoms with van der Waals surface area (Å²) >= 11 is 3.32. The van der Waals surface area contributed by atoms with Crippen LogP contribution in [-0.4, -0.2) is 36.3 Å². The van der Waals surface area contributed by atoms with E-state index >= 15 is 0 Å². The summed E-state index contributed by atoms with van der Waals surface area (Å²) in [7, 11) is 1.74. The largest absolute Gasteiger partial charge is 0.346 e. The summed E-state index contributed by atoms with van der Waals surface area (Å²) in [6.07, 6.45) is 0. The van der Waals surface area contributed by atoms with Crippen LogP contribution in [0, 0.1) is 19.7 Å². The summed E-state index contributed by atoms with van der Waals surface area (Å²) in [6, 6.07) is 9.94. The predicted molar refractivity (Wildman–Crippen MR) is 113 cm³/mol. The number of aryl methyl sites for hydroxylation is 2. The number of carbonyl (C=O) groups is 2. The molecule has 0 fully saturated rings. The molecule has 0 heterocycles. The second-order valence-electron chi connectivity index (χ2n) is 6.86. The number of anilines is 1. The molecule has 1 unspecified atom stereocenters. The molecule has 0 aliphatic rings. The van der Waals surface area contributed by atoms with Crippen LogP contribution in [0.3, 0.4) is 0 Å². The first kappa shape index (κ1) is 22.0. The highest BCUT2D eigenvalue weighted by Gasteiger charge is 2.20. The first-order valence-electron chi connectivity index (χ1n) is 8.97. The average Bonchev–Trinajstić information content (AvgIpc) is 2.65. The highest BCUT2D eigenvalue weighted by Crippen LogP contribution is 2.19. The highest BCUT2D eigenvalue weighted by atomic mass is 79.9. The number of carbonyl (C=O) groups excluding carboxylic acids is 2. The number of halogens is 2. The fourth-order valence-corrected chi connectivity index (χ4v) is 3.19. The number of rotatable bonds is 7. The SMILES string of the molecule is Cc1cccc(C)c1NC(=O)CNC(=O)C(C)N(C)Cc1cc(Br)ccc1F. The van der Waals surface area contributed by atoms with Crippen LogP contribution in [0.25, 0.3) is 0 Å². The van der Waals surface area contributed by atoms with Crippen molar-refractivity contribution in [1.29, 1.82) is 0 Å². The predicted octanol–water partition coefficient (Wildman–Crippen LogP) is 3.78. The van der Waals surface area contributed by atoms with Crippen molar-refractivity contribution in [3.8, 4) is 0 Å². The minimum atomic E-state index is -0.522. The summed E-state index contributed by atoms with van der Waals surface area (Å²) in [6.45, 7) is 5.69. The van der Waals surface area contributed by atoms with Gasteiger partial charge in [0.05, 0.1) is 12.6 Å². The van der Waals surface area contributed by atoms with E-state index < -0.39 is 6.04 Å². The normalized spacial score (nSPS) is 12.0. The molecule has 0 aliphatic carbocycles. The standard InChI is InChI=1S/C21H25BrFN3O2/c1-13-6-5-7-14(2)20(13)25-19(27)11-24-21(28)15(3)26(4)12-16-10-17(22)8-9-18(16)23/h5-10,15H,11-12H2,1-4H3,(H,24,28)(H,25,27). The van der Waals surface area contributed by atoms with Gasteiger partial charge in [0.15, 0.2) is 0 Å². The molecule has 150 valence electrons. The Bertz CT molecular complexity index is 852. The van der Waals surface area contributed by atoms with E-state index in [9.17, 15) is 14.0 Å². The minimum Gasteiger partial charge on any atom is -0.346 e. The molecule has 0 aromatic heterocycles. The van der Waals surface area contributed by atoms with Crippen LogP contribution in [0.2, 0.25) is 0 Å². The van der Waals surface area contributed by atoms with Crippen LogP contribution >= 0.6 is 15.9 Å². The Morgan fingerprint density at radius 3 is 2.46 bits per heavy atom. The first-order valence-corrected chi connectivity index (χ1v) is 9.76. The van der Waals surface area contributed by atoms with Gasteiger partial charge in [0.1, 0.15) is 5.82 Å². The van der Waals surface area contributed by atoms with E-state index in [-0.39, 0.29) is 30.7 Å². The van der Waals surface area contributed by atoms with Crippen molar-refractivity contribution in [2.75, 3.05) is 18.9 Å². The number of amides is 2. The van der Waals surface area contributed by atoms with Gasteiger partial charge in [0, 0.05) is 22.3 Å². The van der Waals surface area contributed by atoms with Crippen LogP contribution in [0.1, 0.15) is 23.6 Å². The number of benzene rings is 2. The van der Waals surface area contributed by atoms with E-state index in [2.05, 4.69) is 26.6 Å². The Labute approximate surface area is 173 Å². The van der Waals surface area contributed by atoms with E-state index in [0.29, 0.717) is 5.56 Å². The number of para-hydroxylation sites is 1. The number of hydrogen-bond donors (Lipinski definition) is 2. The molecular weight excluding hydrogens is 425 g/mol. The lowest BCUT2D eigenvalue weighted by Gasteiger charge is -2.24. The van der Waals surface area contributed by atoms with Crippen LogP contribution < -0.4 is 10.6 Å². The molecule has 1 atom stereocenters. The van der Waals surface area contributed by atoms with Gasteiger partial charge in [0.25, 0.3) is 0 Å². The van der Waals surface area contributed by atoms with Crippen LogP contribution in [0.5, 0.6) is 0 Å². The van der Waals surface area contributed by atoms with E-state index in [1.54, 1.807) is 31.0 Å². The van der Waals surface area contributed by atoms with Crippen molar-refractivity contribution < 1.29 is 14.0 Å². The molecule has 0 bridgehead atoms. The van der Waals surface area contributed by atoms with E-state index in [4.69, 9.17) is 0 Å². The maximum Gasteiger partial charge on any atom is 0.243 e. The summed E-state index contributed by atoms with van der Waals surface area (Å²) in [5, 5.41) is 5.47. The molecule has 2 amide bonds. The van der Waals surface area contributed by atoms with Crippen LogP contribution in [-0.2, 0) is 16.1 Å². The molecule has 0 saturated heterocycles. The zero-order valence-electron chi connectivity index (χ0n) is 16.5. The van der Waals surface area contributed by atoms with Crippen LogP contribution in [0.15, 0.2) is 40.9 Å². The third-order valence-corrected chi connectivity index (χ3v) is 5.13. The smallest absolute Gasteiger partial charge is 0.243 e. The van der Waals surface area contributed by atoms with Gasteiger partial charge in [-0.15, -0.1) is 0 Å². The summed E-state index contributed by atoms with van der Waals surface area (Å²) in [5.74, 6) is -0.913. The zero-order valence-corrected chi connectivity index (χ0v) is 18.1. The Morgan fingerprint density at radius 2 is 1.82 bits per heavy atom. The van der Waals surface area contributed by atoms with Crippen molar-refractivity contribution >= 4 is 33.4 Å². The van der Waals surface area contributed by atoms with Gasteiger partial charge >= 0.3 is 0 Å². The molecule has 0 aliphatic heterocycles. The van der Waals surface area contributed by atoms with Crippen molar-refractivity contribution in [1.82, 2.24) is 10.2 Å². The van der Waals surface area contributed by atoms with Gasteiger partial charge in [-0.25, -0.2) is 4.39 Å². The fourth-order valence-electron chi connectivity index (χ4n) is 2.78. The molecule has 5 nitrogen and oxygen atoms in total. The Kier molecular flexibility index (Phi) is 7.71. The third-order valence-electron chi connectivity index (χ3n) is 4.64. The third kappa shape index (κ3) is 5.87. The minimum absolute atomic E-state index is 0.129. The van der Waals surface area contributed by atoms with Gasteiger partial charge in [-0.3, -0.25) is 14.5 Å². The number of likely N-dealkylation sites (N-methyl/N-ethyl adjacent to an activating group) is 1. The van der Waals surface area contributed by atoms with Crippen molar-refractivity contribution in [2.45, 2.75) is 33.4 Å². The molecule has 2 aromatic rings. The monoisotopic (exact) mass is 449 g/mol. The lowest BCUT2D eigenvalue weighted by molar-refractivity contribution is -0.127. The van der Waals surface area contributed by atoms with E-state index in [1.165, 1.54) is 6.07 Å². The molecular formula is C21H25BrFN3O2. The Morgan fingerprint density at radius 1 is 1.18 bits per heavy atom. The second kappa shape index (κ2) is 9.80. The van der Waals surface area contributed by atoms with Gasteiger partial charge in [-0.2, -0.15) is 0 Å². The quantitative estimate of drug-likeness (QED) is 0.675. The second-order valence-corrected chi connectivity index (χ2v) is 7.78. The Balaban J connectivity index is 1.89. The zero-order chi connectivity index (χ0) is 20.8. The molecule has 0 saturated carbocycles. The molecule has 7 heteroatoms. The summed E-state index contributed by atoms with van der Waals surface area (Å²) < 4.78 is 14.7. The van der Waals surface area contributed by atoms with Crippen molar-refractivity contribution in [3.63, 3.8) is 0 Å². The summed E-state index contributed by atoms with van der Waals surface area (Å²) in [4.78, 5) is 26.3. The van der Waals surface area contributed by atoms with Crippen molar-refractivity contribution in [2.24, 2.45) is 0 Å². The van der Waals surface area contributed by atoms with Crippen molar-refractivity contribution in [3.05, 3.63) is 63.4 Å². The lowest BCUT2D eigenvalue weighted by Crippen LogP contribution is -2.45. The van der Waals surface area contributed by atoms with Gasteiger partial charge < -0.3 is 10.6 Å². The topological polar surface area (TPSA) is 61.4 Å². The highest BCUT2D eigenvalue weighted by molar-refractivity contribution is 9.10. The number of nitrogens with zero attached hydrogens (tertiary/aromatic N) is 1. The lowest BCUT2D eigenvalue weighted by atomic mass is 10.1. The Hall–Kier alpha value is -2.25. The van der Waals surface area contributed by atoms with Gasteiger partial charge in [-0.05, 0) is 57.1 Å². The molecule has 0 radical (unpaired) electrons. The van der Waals surface area contributed by atoms with Crippen LogP contribution in [0.4, 0.5) is 10.1 Å². The van der Waals surface area contributed by atoms with Gasteiger partial charge in [-0.1, -0.05) is 34.1 Å². The number of nitrogens with one attached hydrogen (secondary N) is 2. The molecule has 2 aromatic carbocycles. The van der Waals surface area contributed by atoms with Gasteiger partial charge in [0.2, 0.25) is 11.8 Å². The fraction of sp³-hybridized carbons (Fsp3) is 0.333. The number of hydrogen-bond acceptors (Lipinski definition) is 3. The van der Waals surface area contributed by atoms with E-state index in [1.807, 2.05) is 32.0 Å². The molecule has 28 heavy (non-hydrogen) atoms. The maximum atomic E-state index is 13.9. The maximum absolute atomic E-state index is 13.9. The summed E-state index contributed by atoms with van der Waals surface area (Å²) in [5.41, 5.74) is 3.17. The first-order chi connectivity index (χ1) is 13.2. The van der Waals surface area contributed by atoms with E-state index in [0.717, 1.165) is 21.3 Å². The molecule has 2 rings (SSSR count). The molecule has 0 spiro atoms. The molecule has 2 N–H and O–H groups in total. The average molecular weight is 450 g/mol.